The average Bonchev–Trinajstić information content (AvgIpc) is 2.87. The van der Waals surface area contributed by atoms with Crippen LogP contribution in [0.5, 0.6) is 28.7 Å². The van der Waals surface area contributed by atoms with Crippen molar-refractivity contribution < 1.29 is 33.2 Å². The van der Waals surface area contributed by atoms with E-state index in [0.717, 1.165) is 38.4 Å². The van der Waals surface area contributed by atoms with Crippen molar-refractivity contribution in [2.24, 2.45) is 0 Å². The summed E-state index contributed by atoms with van der Waals surface area (Å²) in [5.41, 5.74) is 1.14. The molecule has 2 aromatic rings. The van der Waals surface area contributed by atoms with Crippen LogP contribution in [0.3, 0.4) is 0 Å². The van der Waals surface area contributed by atoms with Crippen molar-refractivity contribution in [3.8, 4) is 28.7 Å². The van der Waals surface area contributed by atoms with E-state index < -0.39 is 0 Å². The van der Waals surface area contributed by atoms with Gasteiger partial charge in [0.15, 0.2) is 17.3 Å². The molecule has 178 valence electrons. The molecule has 0 saturated carbocycles. The normalized spacial score (nSPS) is 14.2. The van der Waals surface area contributed by atoms with Gasteiger partial charge in [-0.25, -0.2) is 0 Å². The van der Waals surface area contributed by atoms with Crippen molar-refractivity contribution in [2.75, 3.05) is 67.9 Å². The Bertz CT molecular complexity index is 967. The Morgan fingerprint density at radius 3 is 2.27 bits per heavy atom. The number of carbonyl (C=O) groups is 1. The highest BCUT2D eigenvalue weighted by molar-refractivity contribution is 6.10. The summed E-state index contributed by atoms with van der Waals surface area (Å²) in [6, 6.07) is 8.81. The van der Waals surface area contributed by atoms with E-state index in [9.17, 15) is 4.79 Å². The first-order valence-corrected chi connectivity index (χ1v) is 10.7. The Hall–Kier alpha value is -3.23. The topological polar surface area (TPSA) is 75.7 Å². The largest absolute Gasteiger partial charge is 0.496 e. The minimum Gasteiger partial charge on any atom is -0.496 e. The highest BCUT2D eigenvalue weighted by atomic mass is 16.5. The second kappa shape index (κ2) is 12.1. The number of nitrogens with zero attached hydrogens (tertiary/aromatic N) is 1. The van der Waals surface area contributed by atoms with E-state index in [2.05, 4.69) is 4.90 Å². The molecule has 1 aliphatic heterocycles. The Balaban J connectivity index is 1.81. The molecular formula is C25H31NO7. The fourth-order valence-electron chi connectivity index (χ4n) is 3.52. The summed E-state index contributed by atoms with van der Waals surface area (Å²) in [7, 11) is 6.22. The second-order valence-corrected chi connectivity index (χ2v) is 7.32. The fraction of sp³-hybridized carbons (Fsp3) is 0.400. The molecule has 0 atom stereocenters. The zero-order valence-corrected chi connectivity index (χ0v) is 19.6. The Morgan fingerprint density at radius 1 is 0.909 bits per heavy atom. The van der Waals surface area contributed by atoms with Gasteiger partial charge in [-0.3, -0.25) is 9.69 Å². The van der Waals surface area contributed by atoms with Crippen LogP contribution in [-0.2, 0) is 4.74 Å². The smallest absolute Gasteiger partial charge is 0.193 e. The summed E-state index contributed by atoms with van der Waals surface area (Å²) in [6.07, 6.45) is 3.20. The van der Waals surface area contributed by atoms with E-state index in [0.29, 0.717) is 40.9 Å². The third-order valence-electron chi connectivity index (χ3n) is 5.35. The van der Waals surface area contributed by atoms with Crippen molar-refractivity contribution in [3.63, 3.8) is 0 Å². The number of carbonyl (C=O) groups excluding carboxylic acids is 1. The van der Waals surface area contributed by atoms with Gasteiger partial charge in [-0.2, -0.15) is 0 Å². The Kier molecular flexibility index (Phi) is 8.97. The quantitative estimate of drug-likeness (QED) is 0.376. The lowest BCUT2D eigenvalue weighted by molar-refractivity contribution is 0.0322. The van der Waals surface area contributed by atoms with Crippen LogP contribution in [-0.4, -0.2) is 78.6 Å². The summed E-state index contributed by atoms with van der Waals surface area (Å²) in [5.74, 6) is 2.31. The molecule has 0 N–H and O–H groups in total. The molecule has 0 bridgehead atoms. The third kappa shape index (κ3) is 6.40. The minimum atomic E-state index is -0.245. The van der Waals surface area contributed by atoms with Gasteiger partial charge in [0.2, 0.25) is 0 Å². The van der Waals surface area contributed by atoms with Crippen LogP contribution in [0.25, 0.3) is 6.08 Å². The number of ketones is 1. The lowest BCUT2D eigenvalue weighted by atomic mass is 10.1. The molecular weight excluding hydrogens is 426 g/mol. The van der Waals surface area contributed by atoms with Gasteiger partial charge in [0.05, 0.1) is 41.7 Å². The van der Waals surface area contributed by atoms with Gasteiger partial charge < -0.3 is 28.4 Å². The van der Waals surface area contributed by atoms with E-state index in [1.54, 1.807) is 51.7 Å². The number of benzene rings is 2. The van der Waals surface area contributed by atoms with Gasteiger partial charge in [-0.05, 0) is 23.8 Å². The maximum Gasteiger partial charge on any atom is 0.193 e. The zero-order valence-electron chi connectivity index (χ0n) is 19.6. The summed E-state index contributed by atoms with van der Waals surface area (Å²) in [5, 5.41) is 0. The highest BCUT2D eigenvalue weighted by Gasteiger charge is 2.20. The van der Waals surface area contributed by atoms with Gasteiger partial charge in [0.25, 0.3) is 0 Å². The van der Waals surface area contributed by atoms with E-state index in [-0.39, 0.29) is 5.78 Å². The molecule has 1 heterocycles. The summed E-state index contributed by atoms with van der Waals surface area (Å²) < 4.78 is 32.9. The van der Waals surface area contributed by atoms with Crippen LogP contribution in [0.15, 0.2) is 36.4 Å². The monoisotopic (exact) mass is 457 g/mol. The van der Waals surface area contributed by atoms with Crippen molar-refractivity contribution >= 4 is 11.9 Å². The van der Waals surface area contributed by atoms with Crippen LogP contribution >= 0.6 is 0 Å². The molecule has 0 amide bonds. The van der Waals surface area contributed by atoms with Crippen LogP contribution in [0.4, 0.5) is 0 Å². The number of hydrogen-bond donors (Lipinski definition) is 0. The van der Waals surface area contributed by atoms with Gasteiger partial charge >= 0.3 is 0 Å². The summed E-state index contributed by atoms with van der Waals surface area (Å²) >= 11 is 0. The van der Waals surface area contributed by atoms with E-state index >= 15 is 0 Å². The fourth-order valence-corrected chi connectivity index (χ4v) is 3.52. The number of rotatable bonds is 11. The molecule has 33 heavy (non-hydrogen) atoms. The Labute approximate surface area is 194 Å². The van der Waals surface area contributed by atoms with Crippen LogP contribution in [0.2, 0.25) is 0 Å². The zero-order chi connectivity index (χ0) is 23.6. The van der Waals surface area contributed by atoms with Crippen molar-refractivity contribution in [2.45, 2.75) is 0 Å². The first-order valence-electron chi connectivity index (χ1n) is 10.7. The van der Waals surface area contributed by atoms with Crippen molar-refractivity contribution in [1.29, 1.82) is 0 Å². The Morgan fingerprint density at radius 2 is 1.61 bits per heavy atom. The first-order chi connectivity index (χ1) is 16.1. The molecule has 0 aromatic heterocycles. The average molecular weight is 458 g/mol. The predicted octanol–water partition coefficient (Wildman–Crippen LogP) is 3.33. The molecule has 0 spiro atoms. The van der Waals surface area contributed by atoms with E-state index in [1.807, 2.05) is 6.07 Å². The molecule has 8 nitrogen and oxygen atoms in total. The van der Waals surface area contributed by atoms with Gasteiger partial charge in [-0.15, -0.1) is 0 Å². The van der Waals surface area contributed by atoms with Crippen LogP contribution < -0.4 is 23.7 Å². The van der Waals surface area contributed by atoms with Gasteiger partial charge in [-0.1, -0.05) is 12.1 Å². The summed E-state index contributed by atoms with van der Waals surface area (Å²) in [6.45, 7) is 4.33. The minimum absolute atomic E-state index is 0.245. The summed E-state index contributed by atoms with van der Waals surface area (Å²) in [4.78, 5) is 15.5. The van der Waals surface area contributed by atoms with E-state index in [4.69, 9.17) is 28.4 Å². The van der Waals surface area contributed by atoms with Gasteiger partial charge in [0.1, 0.15) is 29.4 Å². The maximum absolute atomic E-state index is 13.2. The molecule has 0 radical (unpaired) electrons. The molecule has 0 unspecified atom stereocenters. The molecule has 1 fully saturated rings. The predicted molar refractivity (Wildman–Crippen MR) is 125 cm³/mol. The molecule has 2 aromatic carbocycles. The van der Waals surface area contributed by atoms with E-state index in [1.165, 1.54) is 13.2 Å². The maximum atomic E-state index is 13.2. The third-order valence-corrected chi connectivity index (χ3v) is 5.35. The molecule has 3 rings (SSSR count). The molecule has 1 aliphatic rings. The number of hydrogen-bond acceptors (Lipinski definition) is 8. The van der Waals surface area contributed by atoms with Crippen LogP contribution in [0.1, 0.15) is 15.9 Å². The lowest BCUT2D eigenvalue weighted by Gasteiger charge is -2.26. The van der Waals surface area contributed by atoms with Gasteiger partial charge in [0, 0.05) is 31.8 Å². The number of morpholine rings is 1. The molecule has 8 heteroatoms. The van der Waals surface area contributed by atoms with Crippen molar-refractivity contribution in [1.82, 2.24) is 4.90 Å². The number of methoxy groups -OCH3 is 4. The van der Waals surface area contributed by atoms with Crippen molar-refractivity contribution in [3.05, 3.63) is 47.5 Å². The lowest BCUT2D eigenvalue weighted by Crippen LogP contribution is -2.38. The molecule has 0 aliphatic carbocycles. The highest BCUT2D eigenvalue weighted by Crippen LogP contribution is 2.35. The first kappa shape index (κ1) is 24.4. The standard InChI is InChI=1S/C25H31NO7/c1-28-19-16-23(31-4)25(24(17-19)33-14-11-26-9-12-32-13-10-26)20(27)7-5-18-6-8-21(29-2)22(15-18)30-3/h5-8,15-17H,9-14H2,1-4H3. The second-order valence-electron chi connectivity index (χ2n) is 7.32. The number of ether oxygens (including phenoxy) is 6. The molecule has 1 saturated heterocycles. The SMILES string of the molecule is COc1cc(OC)c(C(=O)C=Cc2ccc(OC)c(OC)c2)c(OCCN2CCOCC2)c1. The van der Waals surface area contributed by atoms with Crippen LogP contribution in [0, 0.1) is 0 Å². The number of allylic oxidation sites excluding steroid dienone is 1.